The molecule has 2 aliphatic rings. The highest BCUT2D eigenvalue weighted by Crippen LogP contribution is 2.42. The molecule has 2 fully saturated rings. The molecule has 0 amide bonds. The summed E-state index contributed by atoms with van der Waals surface area (Å²) in [6, 6.07) is 9.75. The zero-order chi connectivity index (χ0) is 20.2. The number of anilines is 1. The fourth-order valence-corrected chi connectivity index (χ4v) is 4.93. The van der Waals surface area contributed by atoms with E-state index in [1.54, 1.807) is 0 Å². The lowest BCUT2D eigenvalue weighted by Gasteiger charge is -2.28. The predicted molar refractivity (Wildman–Crippen MR) is 115 cm³/mol. The molecular weight excluding hydrogens is 365 g/mol. The predicted octanol–water partition coefficient (Wildman–Crippen LogP) is 4.72. The first kappa shape index (κ1) is 20.1. The molecule has 1 aliphatic carbocycles. The van der Waals surface area contributed by atoms with E-state index in [-0.39, 0.29) is 5.82 Å². The Kier molecular flexibility index (Phi) is 6.34. The Hall–Kier alpha value is -2.14. The molecule has 156 valence electrons. The van der Waals surface area contributed by atoms with Crippen LogP contribution in [0.4, 0.5) is 10.2 Å². The summed E-state index contributed by atoms with van der Waals surface area (Å²) in [4.78, 5) is 7.11. The molecule has 0 bridgehead atoms. The maximum Gasteiger partial charge on any atom is 0.165 e. The van der Waals surface area contributed by atoms with Gasteiger partial charge >= 0.3 is 0 Å². The van der Waals surface area contributed by atoms with Crippen LogP contribution in [0.1, 0.15) is 55.6 Å². The number of pyridine rings is 1. The van der Waals surface area contributed by atoms with E-state index in [1.165, 1.54) is 38.0 Å². The van der Waals surface area contributed by atoms with Crippen LogP contribution in [0.25, 0.3) is 0 Å². The summed E-state index contributed by atoms with van der Waals surface area (Å²) in [6.07, 6.45) is 6.94. The largest absolute Gasteiger partial charge is 0.494 e. The number of hydrogen-bond acceptors (Lipinski definition) is 4. The summed E-state index contributed by atoms with van der Waals surface area (Å²) >= 11 is 0. The minimum atomic E-state index is -0.291. The Bertz CT molecular complexity index is 804. The minimum Gasteiger partial charge on any atom is -0.494 e. The molecule has 0 radical (unpaired) electrons. The quantitative estimate of drug-likeness (QED) is 0.766. The summed E-state index contributed by atoms with van der Waals surface area (Å²) in [5, 5.41) is 3.39. The van der Waals surface area contributed by atoms with Crippen LogP contribution in [-0.4, -0.2) is 38.3 Å². The van der Waals surface area contributed by atoms with Gasteiger partial charge in [-0.2, -0.15) is 0 Å². The van der Waals surface area contributed by atoms with Gasteiger partial charge in [-0.1, -0.05) is 19.1 Å². The number of hydrogen-bond donors (Lipinski definition) is 1. The topological polar surface area (TPSA) is 37.4 Å². The number of benzene rings is 1. The number of methoxy groups -OCH3 is 1. The Morgan fingerprint density at radius 1 is 1.21 bits per heavy atom. The van der Waals surface area contributed by atoms with Crippen LogP contribution < -0.4 is 15.0 Å². The Morgan fingerprint density at radius 3 is 2.76 bits per heavy atom. The van der Waals surface area contributed by atoms with Gasteiger partial charge in [0.05, 0.1) is 7.11 Å². The van der Waals surface area contributed by atoms with Crippen molar-refractivity contribution in [3.8, 4) is 5.75 Å². The van der Waals surface area contributed by atoms with Crippen molar-refractivity contribution in [2.75, 3.05) is 38.2 Å². The fraction of sp³-hybridized carbons (Fsp3) is 0.542. The molecule has 29 heavy (non-hydrogen) atoms. The van der Waals surface area contributed by atoms with Gasteiger partial charge in [0.25, 0.3) is 0 Å². The van der Waals surface area contributed by atoms with Gasteiger partial charge in [0.2, 0.25) is 0 Å². The van der Waals surface area contributed by atoms with Crippen LogP contribution in [0.5, 0.6) is 5.75 Å². The fourth-order valence-electron chi connectivity index (χ4n) is 4.93. The smallest absolute Gasteiger partial charge is 0.165 e. The first-order valence-corrected chi connectivity index (χ1v) is 10.9. The van der Waals surface area contributed by atoms with Crippen molar-refractivity contribution < 1.29 is 9.13 Å². The van der Waals surface area contributed by atoms with Crippen LogP contribution in [0.3, 0.4) is 0 Å². The van der Waals surface area contributed by atoms with Gasteiger partial charge in [-0.15, -0.1) is 0 Å². The molecular formula is C24H32FN3O. The standard InChI is InChI=1S/C24H32FN3O/c1-17(19-5-7-22(25)23(15-19)29-2)13-18-3-4-20(14-18)21-6-8-24(27-16-21)28-11-9-26-10-12-28/h5-8,15-18,20,26H,3-4,9-14H2,1-2H3/t17-,18+,20+/m0/s1. The lowest BCUT2D eigenvalue weighted by Crippen LogP contribution is -2.43. The Labute approximate surface area is 173 Å². The Balaban J connectivity index is 1.34. The van der Waals surface area contributed by atoms with Crippen LogP contribution in [0.15, 0.2) is 36.5 Å². The van der Waals surface area contributed by atoms with Gasteiger partial charge in [-0.3, -0.25) is 0 Å². The van der Waals surface area contributed by atoms with Gasteiger partial charge in [-0.25, -0.2) is 9.37 Å². The van der Waals surface area contributed by atoms with Crippen molar-refractivity contribution in [2.24, 2.45) is 5.92 Å². The van der Waals surface area contributed by atoms with Crippen molar-refractivity contribution in [3.63, 3.8) is 0 Å². The molecule has 4 rings (SSSR count). The normalized spacial score (nSPS) is 23.2. The highest BCUT2D eigenvalue weighted by atomic mass is 19.1. The summed E-state index contributed by atoms with van der Waals surface area (Å²) in [5.74, 6) is 2.87. The second kappa shape index (κ2) is 9.12. The Morgan fingerprint density at radius 2 is 2.03 bits per heavy atom. The average molecular weight is 398 g/mol. The van der Waals surface area contributed by atoms with E-state index in [4.69, 9.17) is 9.72 Å². The number of rotatable bonds is 6. The van der Waals surface area contributed by atoms with E-state index in [9.17, 15) is 4.39 Å². The second-order valence-electron chi connectivity index (χ2n) is 8.59. The molecule has 1 aromatic carbocycles. The van der Waals surface area contributed by atoms with Gasteiger partial charge in [-0.05, 0) is 72.8 Å². The number of halogens is 1. The molecule has 1 N–H and O–H groups in total. The van der Waals surface area contributed by atoms with Crippen molar-refractivity contribution >= 4 is 5.82 Å². The SMILES string of the molecule is COc1cc([C@@H](C)C[C@H]2CC[C@@H](c3ccc(N4CCNCC4)nc3)C2)ccc1F. The molecule has 1 aliphatic heterocycles. The van der Waals surface area contributed by atoms with Crippen LogP contribution >= 0.6 is 0 Å². The van der Waals surface area contributed by atoms with E-state index in [2.05, 4.69) is 35.5 Å². The van der Waals surface area contributed by atoms with Crippen LogP contribution in [0, 0.1) is 11.7 Å². The van der Waals surface area contributed by atoms with E-state index in [0.29, 0.717) is 23.5 Å². The van der Waals surface area contributed by atoms with Gasteiger partial charge in [0.1, 0.15) is 5.82 Å². The molecule has 1 aromatic heterocycles. The summed E-state index contributed by atoms with van der Waals surface area (Å²) in [7, 11) is 1.52. The summed E-state index contributed by atoms with van der Waals surface area (Å²) < 4.78 is 18.8. The van der Waals surface area contributed by atoms with Gasteiger partial charge in [0, 0.05) is 32.4 Å². The van der Waals surface area contributed by atoms with E-state index in [1.807, 2.05) is 12.1 Å². The molecule has 2 heterocycles. The lowest BCUT2D eigenvalue weighted by atomic mass is 9.88. The molecule has 1 saturated carbocycles. The van der Waals surface area contributed by atoms with E-state index < -0.39 is 0 Å². The third kappa shape index (κ3) is 4.72. The van der Waals surface area contributed by atoms with E-state index in [0.717, 1.165) is 44.0 Å². The van der Waals surface area contributed by atoms with Crippen LogP contribution in [-0.2, 0) is 0 Å². The minimum absolute atomic E-state index is 0.291. The molecule has 0 unspecified atom stereocenters. The molecule has 3 atom stereocenters. The first-order chi connectivity index (χ1) is 14.1. The zero-order valence-electron chi connectivity index (χ0n) is 17.5. The van der Waals surface area contributed by atoms with Gasteiger partial charge < -0.3 is 15.0 Å². The lowest BCUT2D eigenvalue weighted by molar-refractivity contribution is 0.384. The van der Waals surface area contributed by atoms with Crippen molar-refractivity contribution in [2.45, 2.75) is 44.4 Å². The first-order valence-electron chi connectivity index (χ1n) is 10.9. The number of piperazine rings is 1. The maximum absolute atomic E-state index is 13.7. The monoisotopic (exact) mass is 397 g/mol. The van der Waals surface area contributed by atoms with Crippen molar-refractivity contribution in [1.29, 1.82) is 0 Å². The molecule has 1 saturated heterocycles. The highest BCUT2D eigenvalue weighted by Gasteiger charge is 2.28. The zero-order valence-corrected chi connectivity index (χ0v) is 17.5. The number of nitrogens with zero attached hydrogens (tertiary/aromatic N) is 2. The number of ether oxygens (including phenoxy) is 1. The second-order valence-corrected chi connectivity index (χ2v) is 8.59. The van der Waals surface area contributed by atoms with E-state index >= 15 is 0 Å². The van der Waals surface area contributed by atoms with Crippen molar-refractivity contribution in [1.82, 2.24) is 10.3 Å². The average Bonchev–Trinajstić information content (AvgIpc) is 3.23. The molecule has 2 aromatic rings. The number of aromatic nitrogens is 1. The number of nitrogens with one attached hydrogen (secondary N) is 1. The summed E-state index contributed by atoms with van der Waals surface area (Å²) in [6.45, 7) is 6.37. The maximum atomic E-state index is 13.7. The highest BCUT2D eigenvalue weighted by molar-refractivity contribution is 5.40. The molecule has 5 heteroatoms. The summed E-state index contributed by atoms with van der Waals surface area (Å²) in [5.41, 5.74) is 2.54. The van der Waals surface area contributed by atoms with Crippen LogP contribution in [0.2, 0.25) is 0 Å². The van der Waals surface area contributed by atoms with Gasteiger partial charge in [0.15, 0.2) is 11.6 Å². The third-order valence-electron chi connectivity index (χ3n) is 6.66. The molecule has 4 nitrogen and oxygen atoms in total. The molecule has 0 spiro atoms. The van der Waals surface area contributed by atoms with Crippen molar-refractivity contribution in [3.05, 3.63) is 53.5 Å². The third-order valence-corrected chi connectivity index (χ3v) is 6.66.